The largest absolute Gasteiger partial charge is 0.491 e. The number of carbonyl (C=O) groups is 1. The van der Waals surface area contributed by atoms with E-state index in [1.807, 2.05) is 29.2 Å². The van der Waals surface area contributed by atoms with Gasteiger partial charge in [0.25, 0.3) is 0 Å². The number of halogens is 1. The van der Waals surface area contributed by atoms with Gasteiger partial charge in [-0.15, -0.1) is 0 Å². The molecule has 0 radical (unpaired) electrons. The average Bonchev–Trinajstić information content (AvgIpc) is 2.69. The Kier molecular flexibility index (Phi) is 3.48. The van der Waals surface area contributed by atoms with Crippen LogP contribution in [0.25, 0.3) is 0 Å². The van der Waals surface area contributed by atoms with Gasteiger partial charge in [-0.05, 0) is 36.8 Å². The molecule has 0 unspecified atom stereocenters. The van der Waals surface area contributed by atoms with Gasteiger partial charge in [-0.2, -0.15) is 0 Å². The second-order valence-corrected chi connectivity index (χ2v) is 4.79. The highest BCUT2D eigenvalue weighted by atomic mass is 19.1. The van der Waals surface area contributed by atoms with Crippen molar-refractivity contribution in [2.24, 2.45) is 0 Å². The third kappa shape index (κ3) is 2.54. The number of anilines is 2. The van der Waals surface area contributed by atoms with E-state index >= 15 is 0 Å². The van der Waals surface area contributed by atoms with Gasteiger partial charge in [0.05, 0.1) is 23.5 Å². The van der Waals surface area contributed by atoms with Crippen molar-refractivity contribution < 1.29 is 19.0 Å². The van der Waals surface area contributed by atoms with E-state index in [1.54, 1.807) is 0 Å². The van der Waals surface area contributed by atoms with Crippen LogP contribution in [0.3, 0.4) is 0 Å². The fourth-order valence-corrected chi connectivity index (χ4v) is 2.49. The van der Waals surface area contributed by atoms with Crippen LogP contribution in [0.5, 0.6) is 5.75 Å². The lowest BCUT2D eigenvalue weighted by molar-refractivity contribution is 0.0697. The summed E-state index contributed by atoms with van der Waals surface area (Å²) in [6.07, 6.45) is 0.755. The molecule has 3 rings (SSSR count). The molecule has 1 heterocycles. The lowest BCUT2D eigenvalue weighted by atomic mass is 10.1. The standard InChI is InChI=1S/C16H14FNO3/c17-11-6-7-13(12(10-11)16(19)20)18-8-3-9-21-15-5-2-1-4-14(15)18/h1-2,4-7,10H,3,8-9H2,(H,19,20). The first-order chi connectivity index (χ1) is 10.2. The maximum atomic E-state index is 13.3. The molecule has 0 aliphatic carbocycles. The number of aromatic carboxylic acids is 1. The molecule has 0 fully saturated rings. The van der Waals surface area contributed by atoms with E-state index in [-0.39, 0.29) is 5.56 Å². The van der Waals surface area contributed by atoms with Crippen molar-refractivity contribution in [2.45, 2.75) is 6.42 Å². The van der Waals surface area contributed by atoms with Crippen LogP contribution in [-0.2, 0) is 0 Å². The summed E-state index contributed by atoms with van der Waals surface area (Å²) < 4.78 is 19.0. The summed E-state index contributed by atoms with van der Waals surface area (Å²) in [4.78, 5) is 13.3. The van der Waals surface area contributed by atoms with Crippen molar-refractivity contribution in [3.05, 3.63) is 53.8 Å². The number of nitrogens with zero attached hydrogens (tertiary/aromatic N) is 1. The molecule has 1 aliphatic rings. The molecule has 0 atom stereocenters. The minimum atomic E-state index is -1.15. The second-order valence-electron chi connectivity index (χ2n) is 4.79. The number of carboxylic acid groups (broad SMARTS) is 1. The molecule has 2 aromatic carbocycles. The van der Waals surface area contributed by atoms with E-state index in [1.165, 1.54) is 12.1 Å². The minimum Gasteiger partial charge on any atom is -0.491 e. The average molecular weight is 287 g/mol. The predicted molar refractivity (Wildman–Crippen MR) is 76.9 cm³/mol. The van der Waals surface area contributed by atoms with Crippen molar-refractivity contribution in [3.63, 3.8) is 0 Å². The normalized spacial score (nSPS) is 14.0. The van der Waals surface area contributed by atoms with Crippen LogP contribution in [-0.4, -0.2) is 24.2 Å². The number of hydrogen-bond donors (Lipinski definition) is 1. The van der Waals surface area contributed by atoms with Gasteiger partial charge in [-0.3, -0.25) is 0 Å². The van der Waals surface area contributed by atoms with Gasteiger partial charge in [0.1, 0.15) is 11.6 Å². The van der Waals surface area contributed by atoms with Crippen LogP contribution in [0.4, 0.5) is 15.8 Å². The molecule has 0 saturated carbocycles. The quantitative estimate of drug-likeness (QED) is 0.919. The monoisotopic (exact) mass is 287 g/mol. The van der Waals surface area contributed by atoms with E-state index in [2.05, 4.69) is 0 Å². The SMILES string of the molecule is O=C(O)c1cc(F)ccc1N1CCCOc2ccccc21. The topological polar surface area (TPSA) is 49.8 Å². The zero-order valence-corrected chi connectivity index (χ0v) is 11.3. The third-order valence-corrected chi connectivity index (χ3v) is 3.42. The Bertz CT molecular complexity index is 687. The molecular formula is C16H14FNO3. The molecule has 0 bridgehead atoms. The summed E-state index contributed by atoms with van der Waals surface area (Å²) in [5, 5.41) is 9.31. The Morgan fingerprint density at radius 2 is 2.00 bits per heavy atom. The van der Waals surface area contributed by atoms with Gasteiger partial charge in [0, 0.05) is 6.54 Å². The number of hydrogen-bond acceptors (Lipinski definition) is 3. The fraction of sp³-hybridized carbons (Fsp3) is 0.188. The van der Waals surface area contributed by atoms with E-state index in [9.17, 15) is 14.3 Å². The van der Waals surface area contributed by atoms with Crippen molar-refractivity contribution >= 4 is 17.3 Å². The summed E-state index contributed by atoms with van der Waals surface area (Å²) in [5.74, 6) is -1.00. The molecule has 4 nitrogen and oxygen atoms in total. The van der Waals surface area contributed by atoms with Gasteiger partial charge in [-0.1, -0.05) is 12.1 Å². The van der Waals surface area contributed by atoms with Crippen molar-refractivity contribution in [1.82, 2.24) is 0 Å². The number of para-hydroxylation sites is 2. The lowest BCUT2D eigenvalue weighted by Gasteiger charge is -2.25. The smallest absolute Gasteiger partial charge is 0.337 e. The summed E-state index contributed by atoms with van der Waals surface area (Å²) in [5.41, 5.74) is 1.22. The highest BCUT2D eigenvalue weighted by molar-refractivity contribution is 5.96. The van der Waals surface area contributed by atoms with E-state index in [0.717, 1.165) is 18.2 Å². The molecular weight excluding hydrogens is 273 g/mol. The summed E-state index contributed by atoms with van der Waals surface area (Å²) in [6.45, 7) is 1.18. The molecule has 108 valence electrons. The number of fused-ring (bicyclic) bond motifs is 1. The molecule has 2 aromatic rings. The van der Waals surface area contributed by atoms with Gasteiger partial charge in [0.15, 0.2) is 0 Å². The number of rotatable bonds is 2. The van der Waals surface area contributed by atoms with Gasteiger partial charge >= 0.3 is 5.97 Å². The number of benzene rings is 2. The lowest BCUT2D eigenvalue weighted by Crippen LogP contribution is -2.20. The fourth-order valence-electron chi connectivity index (χ4n) is 2.49. The summed E-state index contributed by atoms with van der Waals surface area (Å²) in [7, 11) is 0. The molecule has 21 heavy (non-hydrogen) atoms. The predicted octanol–water partition coefficient (Wildman–Crippen LogP) is 3.44. The third-order valence-electron chi connectivity index (χ3n) is 3.42. The zero-order chi connectivity index (χ0) is 14.8. The molecule has 0 aromatic heterocycles. The maximum absolute atomic E-state index is 13.3. The van der Waals surface area contributed by atoms with Crippen LogP contribution in [0.15, 0.2) is 42.5 Å². The van der Waals surface area contributed by atoms with Crippen molar-refractivity contribution in [1.29, 1.82) is 0 Å². The summed E-state index contributed by atoms with van der Waals surface area (Å²) in [6, 6.07) is 11.3. The van der Waals surface area contributed by atoms with E-state index in [4.69, 9.17) is 4.74 Å². The van der Waals surface area contributed by atoms with Crippen LogP contribution in [0.2, 0.25) is 0 Å². The van der Waals surface area contributed by atoms with Crippen molar-refractivity contribution in [2.75, 3.05) is 18.1 Å². The highest BCUT2D eigenvalue weighted by Crippen LogP contribution is 2.37. The Morgan fingerprint density at radius 3 is 2.81 bits per heavy atom. The van der Waals surface area contributed by atoms with Gasteiger partial charge in [-0.25, -0.2) is 9.18 Å². The van der Waals surface area contributed by atoms with Gasteiger partial charge < -0.3 is 14.7 Å². The Hall–Kier alpha value is -2.56. The number of carboxylic acids is 1. The Labute approximate surface area is 121 Å². The molecule has 1 N–H and O–H groups in total. The second kappa shape index (κ2) is 5.44. The van der Waals surface area contributed by atoms with Crippen LogP contribution in [0.1, 0.15) is 16.8 Å². The first-order valence-corrected chi connectivity index (χ1v) is 6.69. The zero-order valence-electron chi connectivity index (χ0n) is 11.3. The molecule has 5 heteroatoms. The van der Waals surface area contributed by atoms with Crippen LogP contribution < -0.4 is 9.64 Å². The molecule has 0 amide bonds. The summed E-state index contributed by atoms with van der Waals surface area (Å²) >= 11 is 0. The Morgan fingerprint density at radius 1 is 1.19 bits per heavy atom. The van der Waals surface area contributed by atoms with Crippen molar-refractivity contribution in [3.8, 4) is 5.75 Å². The maximum Gasteiger partial charge on any atom is 0.337 e. The van der Waals surface area contributed by atoms with E-state index < -0.39 is 11.8 Å². The minimum absolute atomic E-state index is 0.0493. The first kappa shape index (κ1) is 13.4. The van der Waals surface area contributed by atoms with Gasteiger partial charge in [0.2, 0.25) is 0 Å². The molecule has 1 aliphatic heterocycles. The van der Waals surface area contributed by atoms with Crippen LogP contribution >= 0.6 is 0 Å². The molecule has 0 saturated heterocycles. The van der Waals surface area contributed by atoms with E-state index in [0.29, 0.717) is 24.6 Å². The molecule has 0 spiro atoms. The highest BCUT2D eigenvalue weighted by Gasteiger charge is 2.22. The first-order valence-electron chi connectivity index (χ1n) is 6.69. The number of ether oxygens (including phenoxy) is 1. The van der Waals surface area contributed by atoms with Crippen LogP contribution in [0, 0.1) is 5.82 Å². The Balaban J connectivity index is 2.14.